The van der Waals surface area contributed by atoms with Gasteiger partial charge >= 0.3 is 0 Å². The van der Waals surface area contributed by atoms with Gasteiger partial charge in [0.15, 0.2) is 17.5 Å². The minimum Gasteiger partial charge on any atom is -0.206 e. The minimum atomic E-state index is -1.55. The maximum Gasteiger partial charge on any atom is 0.194 e. The molecule has 0 heterocycles. The van der Waals surface area contributed by atoms with Crippen LogP contribution in [-0.2, 0) is 19.3 Å². The predicted molar refractivity (Wildman–Crippen MR) is 108 cm³/mol. The molecule has 1 aliphatic carbocycles. The largest absolute Gasteiger partial charge is 0.206 e. The Labute approximate surface area is 168 Å². The predicted octanol–water partition coefficient (Wildman–Crippen LogP) is 7.41. The first kappa shape index (κ1) is 19.7. The third-order valence-electron chi connectivity index (χ3n) is 5.71. The molecular formula is C25H22F4. The SMILES string of the molecule is CCCCCc1ccc2c(c1)CCc1c-2ccc(-c2cc(F)c(F)c(F)c2)c1F. The van der Waals surface area contributed by atoms with E-state index in [0.717, 1.165) is 42.5 Å². The molecule has 0 spiro atoms. The molecule has 0 amide bonds. The zero-order chi connectivity index (χ0) is 20.5. The molecule has 0 radical (unpaired) electrons. The molecule has 0 nitrogen and oxygen atoms in total. The normalized spacial score (nSPS) is 12.6. The van der Waals surface area contributed by atoms with Gasteiger partial charge in [0.1, 0.15) is 5.82 Å². The molecule has 0 N–H and O–H groups in total. The first-order valence-electron chi connectivity index (χ1n) is 10.1. The van der Waals surface area contributed by atoms with Gasteiger partial charge in [0, 0.05) is 5.56 Å². The quantitative estimate of drug-likeness (QED) is 0.238. The molecule has 0 aromatic heterocycles. The van der Waals surface area contributed by atoms with Crippen LogP contribution in [0.25, 0.3) is 22.3 Å². The molecule has 0 bridgehead atoms. The summed E-state index contributed by atoms with van der Waals surface area (Å²) in [6, 6.07) is 11.3. The van der Waals surface area contributed by atoms with E-state index >= 15 is 4.39 Å². The monoisotopic (exact) mass is 398 g/mol. The zero-order valence-electron chi connectivity index (χ0n) is 16.3. The number of benzene rings is 3. The Balaban J connectivity index is 1.71. The number of rotatable bonds is 5. The van der Waals surface area contributed by atoms with Crippen molar-refractivity contribution in [1.29, 1.82) is 0 Å². The Kier molecular flexibility index (Phi) is 5.44. The summed E-state index contributed by atoms with van der Waals surface area (Å²) in [6.45, 7) is 2.18. The van der Waals surface area contributed by atoms with Crippen LogP contribution >= 0.6 is 0 Å². The lowest BCUT2D eigenvalue weighted by atomic mass is 9.82. The van der Waals surface area contributed by atoms with Crippen molar-refractivity contribution in [3.05, 3.63) is 82.4 Å². The van der Waals surface area contributed by atoms with Gasteiger partial charge in [-0.25, -0.2) is 17.6 Å². The van der Waals surface area contributed by atoms with E-state index in [1.54, 1.807) is 6.07 Å². The van der Waals surface area contributed by atoms with Crippen molar-refractivity contribution in [1.82, 2.24) is 0 Å². The van der Waals surface area contributed by atoms with Crippen molar-refractivity contribution in [3.63, 3.8) is 0 Å². The fraction of sp³-hybridized carbons (Fsp3) is 0.280. The van der Waals surface area contributed by atoms with Crippen LogP contribution in [0.4, 0.5) is 17.6 Å². The maximum atomic E-state index is 15.2. The molecular weight excluding hydrogens is 376 g/mol. The highest BCUT2D eigenvalue weighted by atomic mass is 19.2. The molecule has 4 heteroatoms. The summed E-state index contributed by atoms with van der Waals surface area (Å²) in [5.74, 6) is -4.68. The van der Waals surface area contributed by atoms with E-state index in [1.807, 2.05) is 6.07 Å². The summed E-state index contributed by atoms with van der Waals surface area (Å²) in [4.78, 5) is 0. The smallest absolute Gasteiger partial charge is 0.194 e. The number of aryl methyl sites for hydroxylation is 2. The van der Waals surface area contributed by atoms with E-state index in [-0.39, 0.29) is 11.1 Å². The van der Waals surface area contributed by atoms with Crippen LogP contribution in [0.15, 0.2) is 42.5 Å². The third kappa shape index (κ3) is 3.68. The average Bonchev–Trinajstić information content (AvgIpc) is 2.72. The molecule has 0 saturated carbocycles. The topological polar surface area (TPSA) is 0 Å². The van der Waals surface area contributed by atoms with E-state index in [9.17, 15) is 13.2 Å². The highest BCUT2D eigenvalue weighted by molar-refractivity contribution is 5.78. The Bertz CT molecular complexity index is 1050. The summed E-state index contributed by atoms with van der Waals surface area (Å²) in [6.07, 6.45) is 5.83. The fourth-order valence-corrected chi connectivity index (χ4v) is 4.16. The average molecular weight is 398 g/mol. The van der Waals surface area contributed by atoms with Gasteiger partial charge < -0.3 is 0 Å². The Morgan fingerprint density at radius 2 is 1.41 bits per heavy atom. The van der Waals surface area contributed by atoms with E-state index in [4.69, 9.17) is 0 Å². The van der Waals surface area contributed by atoms with Crippen molar-refractivity contribution < 1.29 is 17.6 Å². The Morgan fingerprint density at radius 3 is 2.14 bits per heavy atom. The minimum absolute atomic E-state index is 0.00114. The number of hydrogen-bond acceptors (Lipinski definition) is 0. The number of unbranched alkanes of at least 4 members (excludes halogenated alkanes) is 2. The fourth-order valence-electron chi connectivity index (χ4n) is 4.16. The van der Waals surface area contributed by atoms with Crippen molar-refractivity contribution >= 4 is 0 Å². The Hall–Kier alpha value is -2.62. The van der Waals surface area contributed by atoms with E-state index in [2.05, 4.69) is 19.1 Å². The van der Waals surface area contributed by atoms with Gasteiger partial charge in [0.25, 0.3) is 0 Å². The molecule has 0 fully saturated rings. The van der Waals surface area contributed by atoms with Crippen molar-refractivity contribution in [2.75, 3.05) is 0 Å². The molecule has 0 atom stereocenters. The summed E-state index contributed by atoms with van der Waals surface area (Å²) < 4.78 is 55.7. The van der Waals surface area contributed by atoms with Crippen LogP contribution in [0.2, 0.25) is 0 Å². The molecule has 29 heavy (non-hydrogen) atoms. The van der Waals surface area contributed by atoms with Crippen LogP contribution in [-0.4, -0.2) is 0 Å². The van der Waals surface area contributed by atoms with Crippen LogP contribution < -0.4 is 0 Å². The number of fused-ring (bicyclic) bond motifs is 3. The second kappa shape index (κ2) is 8.02. The Morgan fingerprint density at radius 1 is 0.724 bits per heavy atom. The van der Waals surface area contributed by atoms with E-state index < -0.39 is 23.3 Å². The van der Waals surface area contributed by atoms with Gasteiger partial charge in [-0.2, -0.15) is 0 Å². The highest BCUT2D eigenvalue weighted by Crippen LogP contribution is 2.39. The maximum absolute atomic E-state index is 15.2. The first-order valence-corrected chi connectivity index (χ1v) is 10.1. The third-order valence-corrected chi connectivity index (χ3v) is 5.71. The molecule has 0 aliphatic heterocycles. The molecule has 1 aliphatic rings. The first-order chi connectivity index (χ1) is 14.0. The highest BCUT2D eigenvalue weighted by Gasteiger charge is 2.23. The lowest BCUT2D eigenvalue weighted by Crippen LogP contribution is -2.08. The summed E-state index contributed by atoms with van der Waals surface area (Å²) in [5.41, 5.74) is 4.95. The number of halogens is 4. The molecule has 3 aromatic carbocycles. The molecule has 0 saturated heterocycles. The van der Waals surface area contributed by atoms with Gasteiger partial charge in [0.2, 0.25) is 0 Å². The van der Waals surface area contributed by atoms with Crippen LogP contribution in [0, 0.1) is 23.3 Å². The van der Waals surface area contributed by atoms with Gasteiger partial charge in [-0.1, -0.05) is 50.1 Å². The van der Waals surface area contributed by atoms with Crippen LogP contribution in [0.3, 0.4) is 0 Å². The molecule has 4 rings (SSSR count). The zero-order valence-corrected chi connectivity index (χ0v) is 16.3. The molecule has 3 aromatic rings. The van der Waals surface area contributed by atoms with Gasteiger partial charge in [-0.05, 0) is 71.2 Å². The standard InChI is InChI=1S/C25H22F4/c1-2-3-4-5-15-6-8-18-16(12-15)7-9-21-20(18)11-10-19(24(21)28)17-13-22(26)25(29)23(27)14-17/h6,8,10-14H,2-5,7,9H2,1H3. The van der Waals surface area contributed by atoms with E-state index in [1.165, 1.54) is 30.0 Å². The molecule has 0 unspecified atom stereocenters. The summed E-state index contributed by atoms with van der Waals surface area (Å²) in [5, 5.41) is 0. The van der Waals surface area contributed by atoms with Crippen LogP contribution in [0.5, 0.6) is 0 Å². The second-order valence-electron chi connectivity index (χ2n) is 7.66. The lowest BCUT2D eigenvalue weighted by molar-refractivity contribution is 0.447. The summed E-state index contributed by atoms with van der Waals surface area (Å²) >= 11 is 0. The number of hydrogen-bond donors (Lipinski definition) is 0. The lowest BCUT2D eigenvalue weighted by Gasteiger charge is -2.22. The molecule has 150 valence electrons. The second-order valence-corrected chi connectivity index (χ2v) is 7.66. The van der Waals surface area contributed by atoms with Gasteiger partial charge in [0.05, 0.1) is 0 Å². The van der Waals surface area contributed by atoms with E-state index in [0.29, 0.717) is 12.0 Å². The van der Waals surface area contributed by atoms with Crippen molar-refractivity contribution in [3.8, 4) is 22.3 Å². The summed E-state index contributed by atoms with van der Waals surface area (Å²) in [7, 11) is 0. The van der Waals surface area contributed by atoms with Gasteiger partial charge in [-0.15, -0.1) is 0 Å². The van der Waals surface area contributed by atoms with Crippen molar-refractivity contribution in [2.24, 2.45) is 0 Å². The van der Waals surface area contributed by atoms with Gasteiger partial charge in [-0.3, -0.25) is 0 Å². The van der Waals surface area contributed by atoms with Crippen molar-refractivity contribution in [2.45, 2.75) is 45.4 Å². The van der Waals surface area contributed by atoms with Crippen LogP contribution in [0.1, 0.15) is 42.9 Å².